The number of amides is 2. The van der Waals surface area contributed by atoms with Gasteiger partial charge >= 0.3 is 0 Å². The van der Waals surface area contributed by atoms with Crippen molar-refractivity contribution >= 4 is 17.5 Å². The predicted molar refractivity (Wildman–Crippen MR) is 103 cm³/mol. The van der Waals surface area contributed by atoms with Gasteiger partial charge in [-0.05, 0) is 49.8 Å². The smallest absolute Gasteiger partial charge is 0.239 e. The van der Waals surface area contributed by atoms with Crippen molar-refractivity contribution in [1.82, 2.24) is 5.32 Å². The van der Waals surface area contributed by atoms with Crippen molar-refractivity contribution in [3.05, 3.63) is 29.8 Å². The third kappa shape index (κ3) is 5.07. The van der Waals surface area contributed by atoms with Gasteiger partial charge in [0, 0.05) is 11.7 Å². The Hall–Kier alpha value is -1.84. The molecule has 2 N–H and O–H groups in total. The normalized spacial score (nSPS) is 16.4. The molecule has 0 bridgehead atoms. The fourth-order valence-corrected chi connectivity index (χ4v) is 3.06. The summed E-state index contributed by atoms with van der Waals surface area (Å²) >= 11 is 0. The molecule has 1 aromatic rings. The predicted octanol–water partition coefficient (Wildman–Crippen LogP) is 4.40. The maximum atomic E-state index is 12.6. The molecule has 0 spiro atoms. The van der Waals surface area contributed by atoms with Crippen LogP contribution in [0.5, 0.6) is 0 Å². The summed E-state index contributed by atoms with van der Waals surface area (Å²) in [5.41, 5.74) is 0.901. The molecule has 0 aliphatic heterocycles. The number of carbonyl (C=O) groups excluding carboxylic acids is 2. The van der Waals surface area contributed by atoms with E-state index in [0.717, 1.165) is 31.4 Å². The summed E-state index contributed by atoms with van der Waals surface area (Å²) < 4.78 is 0. The van der Waals surface area contributed by atoms with Gasteiger partial charge in [-0.15, -0.1) is 0 Å². The minimum Gasteiger partial charge on any atom is -0.352 e. The summed E-state index contributed by atoms with van der Waals surface area (Å²) in [7, 11) is 0. The highest BCUT2D eigenvalue weighted by Gasteiger charge is 2.37. The van der Waals surface area contributed by atoms with Gasteiger partial charge in [-0.1, -0.05) is 52.2 Å². The molecule has 2 rings (SSSR count). The Kier molecular flexibility index (Phi) is 5.91. The quantitative estimate of drug-likeness (QED) is 0.796. The summed E-state index contributed by atoms with van der Waals surface area (Å²) in [5, 5.41) is 5.93. The highest BCUT2D eigenvalue weighted by atomic mass is 16.2. The fourth-order valence-electron chi connectivity index (χ4n) is 3.06. The summed E-state index contributed by atoms with van der Waals surface area (Å²) in [4.78, 5) is 25.2. The summed E-state index contributed by atoms with van der Waals surface area (Å²) in [6.07, 6.45) is 5.56. The standard InChI is InChI=1S/C21H32N2O2/c1-20(2,3)15-11-13-17(14-12-15)23-19(25)21(4,5)18(24)22-16-9-7-6-8-10-16/h11-14,16H,6-10H2,1-5H3,(H,22,24)(H,23,25). The number of benzene rings is 1. The molecular formula is C21H32N2O2. The number of hydrogen-bond donors (Lipinski definition) is 2. The molecule has 0 unspecified atom stereocenters. The number of carbonyl (C=O) groups is 2. The first-order valence-corrected chi connectivity index (χ1v) is 9.33. The van der Waals surface area contributed by atoms with Gasteiger partial charge in [-0.3, -0.25) is 9.59 Å². The Labute approximate surface area is 151 Å². The Morgan fingerprint density at radius 3 is 1.96 bits per heavy atom. The van der Waals surface area contributed by atoms with E-state index in [2.05, 4.69) is 31.4 Å². The van der Waals surface area contributed by atoms with Crippen LogP contribution < -0.4 is 10.6 Å². The van der Waals surface area contributed by atoms with Gasteiger partial charge in [-0.25, -0.2) is 0 Å². The van der Waals surface area contributed by atoms with Crippen LogP contribution in [0, 0.1) is 5.41 Å². The van der Waals surface area contributed by atoms with Crippen LogP contribution in [0.1, 0.15) is 72.3 Å². The highest BCUT2D eigenvalue weighted by Crippen LogP contribution is 2.25. The van der Waals surface area contributed by atoms with Crippen LogP contribution in [-0.2, 0) is 15.0 Å². The third-order valence-corrected chi connectivity index (χ3v) is 5.08. The van der Waals surface area contributed by atoms with Crippen molar-refractivity contribution in [3.63, 3.8) is 0 Å². The van der Waals surface area contributed by atoms with E-state index in [9.17, 15) is 9.59 Å². The molecule has 1 aliphatic carbocycles. The first-order valence-electron chi connectivity index (χ1n) is 9.33. The van der Waals surface area contributed by atoms with Crippen LogP contribution in [0.2, 0.25) is 0 Å². The number of nitrogens with one attached hydrogen (secondary N) is 2. The van der Waals surface area contributed by atoms with E-state index in [-0.39, 0.29) is 23.3 Å². The second kappa shape index (κ2) is 7.59. The molecule has 138 valence electrons. The zero-order valence-corrected chi connectivity index (χ0v) is 16.2. The molecule has 0 atom stereocenters. The van der Waals surface area contributed by atoms with E-state index in [4.69, 9.17) is 0 Å². The van der Waals surface area contributed by atoms with Crippen molar-refractivity contribution in [2.75, 3.05) is 5.32 Å². The monoisotopic (exact) mass is 344 g/mol. The van der Waals surface area contributed by atoms with Crippen molar-refractivity contribution in [3.8, 4) is 0 Å². The van der Waals surface area contributed by atoms with Crippen LogP contribution in [0.4, 0.5) is 5.69 Å². The van der Waals surface area contributed by atoms with Gasteiger partial charge in [0.05, 0.1) is 0 Å². The molecule has 25 heavy (non-hydrogen) atoms. The van der Waals surface area contributed by atoms with Gasteiger partial charge < -0.3 is 10.6 Å². The van der Waals surface area contributed by atoms with Crippen molar-refractivity contribution in [2.45, 2.75) is 78.2 Å². The Bertz CT molecular complexity index is 606. The minimum absolute atomic E-state index is 0.0711. The highest BCUT2D eigenvalue weighted by molar-refractivity contribution is 6.09. The van der Waals surface area contributed by atoms with E-state index in [1.165, 1.54) is 12.0 Å². The Morgan fingerprint density at radius 2 is 1.44 bits per heavy atom. The summed E-state index contributed by atoms with van der Waals surface area (Å²) in [6, 6.07) is 8.04. The Morgan fingerprint density at radius 1 is 0.880 bits per heavy atom. The van der Waals surface area contributed by atoms with Crippen LogP contribution in [0.15, 0.2) is 24.3 Å². The number of rotatable bonds is 4. The fraction of sp³-hybridized carbons (Fsp3) is 0.619. The third-order valence-electron chi connectivity index (χ3n) is 5.08. The molecule has 0 radical (unpaired) electrons. The van der Waals surface area contributed by atoms with Crippen molar-refractivity contribution in [2.24, 2.45) is 5.41 Å². The SMILES string of the molecule is CC(C)(C(=O)Nc1ccc(C(C)(C)C)cc1)C(=O)NC1CCCCC1. The molecule has 1 aliphatic rings. The molecule has 0 heterocycles. The average Bonchev–Trinajstić information content (AvgIpc) is 2.55. The molecule has 0 aromatic heterocycles. The first kappa shape index (κ1) is 19.5. The van der Waals surface area contributed by atoms with Gasteiger partial charge in [-0.2, -0.15) is 0 Å². The lowest BCUT2D eigenvalue weighted by atomic mass is 9.87. The van der Waals surface area contributed by atoms with Gasteiger partial charge in [0.1, 0.15) is 5.41 Å². The first-order chi connectivity index (χ1) is 11.6. The molecule has 1 aromatic carbocycles. The molecule has 1 saturated carbocycles. The van der Waals surface area contributed by atoms with E-state index in [1.54, 1.807) is 13.8 Å². The van der Waals surface area contributed by atoms with Crippen LogP contribution in [-0.4, -0.2) is 17.9 Å². The molecular weight excluding hydrogens is 312 g/mol. The second-order valence-electron chi connectivity index (χ2n) is 8.71. The largest absolute Gasteiger partial charge is 0.352 e. The molecule has 1 fully saturated rings. The van der Waals surface area contributed by atoms with E-state index in [0.29, 0.717) is 0 Å². The minimum atomic E-state index is -1.10. The number of anilines is 1. The molecule has 4 nitrogen and oxygen atoms in total. The average molecular weight is 344 g/mol. The van der Waals surface area contributed by atoms with Crippen molar-refractivity contribution in [1.29, 1.82) is 0 Å². The summed E-state index contributed by atoms with van der Waals surface area (Å²) in [6.45, 7) is 9.83. The van der Waals surface area contributed by atoms with Gasteiger partial charge in [0.15, 0.2) is 0 Å². The lowest BCUT2D eigenvalue weighted by Gasteiger charge is -2.28. The van der Waals surface area contributed by atoms with E-state index < -0.39 is 5.41 Å². The van der Waals surface area contributed by atoms with E-state index >= 15 is 0 Å². The topological polar surface area (TPSA) is 58.2 Å². The Balaban J connectivity index is 1.98. The van der Waals surface area contributed by atoms with Crippen LogP contribution in [0.3, 0.4) is 0 Å². The summed E-state index contributed by atoms with van der Waals surface area (Å²) in [5.74, 6) is -0.465. The maximum absolute atomic E-state index is 12.6. The zero-order valence-electron chi connectivity index (χ0n) is 16.2. The maximum Gasteiger partial charge on any atom is 0.239 e. The molecule has 4 heteroatoms. The van der Waals surface area contributed by atoms with E-state index in [1.807, 2.05) is 24.3 Å². The zero-order chi connectivity index (χ0) is 18.7. The van der Waals surface area contributed by atoms with Gasteiger partial charge in [0.2, 0.25) is 11.8 Å². The van der Waals surface area contributed by atoms with Gasteiger partial charge in [0.25, 0.3) is 0 Å². The second-order valence-corrected chi connectivity index (χ2v) is 8.71. The lowest BCUT2D eigenvalue weighted by molar-refractivity contribution is -0.139. The van der Waals surface area contributed by atoms with Crippen LogP contribution in [0.25, 0.3) is 0 Å². The molecule has 0 saturated heterocycles. The number of hydrogen-bond acceptors (Lipinski definition) is 2. The lowest BCUT2D eigenvalue weighted by Crippen LogP contribution is -2.49. The molecule has 2 amide bonds. The van der Waals surface area contributed by atoms with Crippen LogP contribution >= 0.6 is 0 Å². The van der Waals surface area contributed by atoms with Crippen molar-refractivity contribution < 1.29 is 9.59 Å².